The maximum atomic E-state index is 14.2. The Morgan fingerprint density at radius 3 is 2.70 bits per heavy atom. The van der Waals surface area contributed by atoms with Gasteiger partial charge in [0.15, 0.2) is 0 Å². The zero-order chi connectivity index (χ0) is 17.2. The molecule has 0 N–H and O–H groups in total. The number of rotatable bonds is 5. The van der Waals surface area contributed by atoms with Crippen LogP contribution in [0.3, 0.4) is 0 Å². The molecular formula is C15H17F2NO5. The average Bonchev–Trinajstić information content (AvgIpc) is 2.85. The summed E-state index contributed by atoms with van der Waals surface area (Å²) in [4.78, 5) is 24.5. The normalized spacial score (nSPS) is 17.9. The molecule has 1 aliphatic rings. The van der Waals surface area contributed by atoms with Gasteiger partial charge in [-0.2, -0.15) is 8.78 Å². The highest BCUT2D eigenvalue weighted by Gasteiger charge is 2.45. The summed E-state index contributed by atoms with van der Waals surface area (Å²) in [6, 6.07) is 3.40. The highest BCUT2D eigenvalue weighted by molar-refractivity contribution is 5.91. The number of carbonyl (C=O) groups excluding carboxylic acids is 2. The molecule has 0 aliphatic carbocycles. The van der Waals surface area contributed by atoms with Gasteiger partial charge in [0.1, 0.15) is 12.4 Å². The number of amides is 1. The summed E-state index contributed by atoms with van der Waals surface area (Å²) in [5.74, 6) is -5.72. The van der Waals surface area contributed by atoms with E-state index in [1.807, 2.05) is 0 Å². The zero-order valence-electron chi connectivity index (χ0n) is 13.0. The van der Waals surface area contributed by atoms with Gasteiger partial charge in [0.25, 0.3) is 0 Å². The highest BCUT2D eigenvalue weighted by Crippen LogP contribution is 2.39. The first-order valence-corrected chi connectivity index (χ1v) is 7.02. The molecule has 1 aromatic rings. The molecule has 1 aromatic carbocycles. The fraction of sp³-hybridized carbons (Fsp3) is 0.467. The number of cyclic esters (lactones) is 1. The molecule has 23 heavy (non-hydrogen) atoms. The lowest BCUT2D eigenvalue weighted by molar-refractivity contribution is -0.173. The Morgan fingerprint density at radius 2 is 2.17 bits per heavy atom. The summed E-state index contributed by atoms with van der Waals surface area (Å²) in [6.45, 7) is 3.25. The van der Waals surface area contributed by atoms with Crippen molar-refractivity contribution in [3.63, 3.8) is 0 Å². The Bertz CT molecular complexity index is 620. The van der Waals surface area contributed by atoms with E-state index >= 15 is 0 Å². The molecule has 0 bridgehead atoms. The standard InChI is InChI=1S/C15H17F2NO5/c1-4-22-13(19)15(16,17)11-6-5-10(7-12(11)21-3)18-9(2)8-23-14(18)20/h5-7,9H,4,8H2,1-3H3. The van der Waals surface area contributed by atoms with Gasteiger partial charge in [-0.3, -0.25) is 4.90 Å². The minimum atomic E-state index is -3.85. The predicted molar refractivity (Wildman–Crippen MR) is 76.8 cm³/mol. The zero-order valence-corrected chi connectivity index (χ0v) is 13.0. The van der Waals surface area contributed by atoms with Crippen LogP contribution < -0.4 is 9.64 Å². The van der Waals surface area contributed by atoms with Crippen LogP contribution in [0.4, 0.5) is 19.3 Å². The number of anilines is 1. The molecule has 126 valence electrons. The lowest BCUT2D eigenvalue weighted by atomic mass is 10.1. The third-order valence-electron chi connectivity index (χ3n) is 3.42. The molecule has 1 unspecified atom stereocenters. The Balaban J connectivity index is 2.41. The fourth-order valence-corrected chi connectivity index (χ4v) is 2.30. The summed E-state index contributed by atoms with van der Waals surface area (Å²) in [5.41, 5.74) is -0.275. The number of alkyl halides is 2. The van der Waals surface area contributed by atoms with E-state index in [0.717, 1.165) is 6.07 Å². The van der Waals surface area contributed by atoms with Crippen LogP contribution in [0.2, 0.25) is 0 Å². The van der Waals surface area contributed by atoms with E-state index < -0.39 is 23.5 Å². The average molecular weight is 329 g/mol. The minimum Gasteiger partial charge on any atom is -0.496 e. The number of ether oxygens (including phenoxy) is 3. The van der Waals surface area contributed by atoms with Crippen LogP contribution in [0.5, 0.6) is 5.75 Å². The van der Waals surface area contributed by atoms with E-state index in [4.69, 9.17) is 9.47 Å². The van der Waals surface area contributed by atoms with Gasteiger partial charge in [-0.25, -0.2) is 9.59 Å². The molecule has 1 atom stereocenters. The number of esters is 1. The quantitative estimate of drug-likeness (QED) is 0.777. The number of hydrogen-bond donors (Lipinski definition) is 0. The van der Waals surface area contributed by atoms with Gasteiger partial charge in [0.05, 0.1) is 31.0 Å². The Labute approximate surface area is 131 Å². The van der Waals surface area contributed by atoms with E-state index in [1.165, 1.54) is 31.1 Å². The second kappa shape index (κ2) is 6.39. The van der Waals surface area contributed by atoms with Crippen LogP contribution >= 0.6 is 0 Å². The maximum absolute atomic E-state index is 14.2. The van der Waals surface area contributed by atoms with Crippen molar-refractivity contribution in [1.29, 1.82) is 0 Å². The van der Waals surface area contributed by atoms with Crippen molar-refractivity contribution in [2.45, 2.75) is 25.8 Å². The summed E-state index contributed by atoms with van der Waals surface area (Å²) in [5, 5.41) is 0. The fourth-order valence-electron chi connectivity index (χ4n) is 2.30. The van der Waals surface area contributed by atoms with Gasteiger partial charge in [-0.05, 0) is 26.0 Å². The molecule has 6 nitrogen and oxygen atoms in total. The maximum Gasteiger partial charge on any atom is 0.414 e. The van der Waals surface area contributed by atoms with Crippen molar-refractivity contribution in [1.82, 2.24) is 0 Å². The van der Waals surface area contributed by atoms with Gasteiger partial charge >= 0.3 is 18.0 Å². The van der Waals surface area contributed by atoms with Gasteiger partial charge in [-0.1, -0.05) is 0 Å². The highest BCUT2D eigenvalue weighted by atomic mass is 19.3. The van der Waals surface area contributed by atoms with Gasteiger partial charge in [0.2, 0.25) is 0 Å². The molecule has 1 saturated heterocycles. The summed E-state index contributed by atoms with van der Waals surface area (Å²) in [6.07, 6.45) is -0.565. The number of carbonyl (C=O) groups is 2. The summed E-state index contributed by atoms with van der Waals surface area (Å²) in [7, 11) is 1.20. The molecule has 0 saturated carbocycles. The first-order valence-electron chi connectivity index (χ1n) is 7.02. The molecule has 0 radical (unpaired) electrons. The largest absolute Gasteiger partial charge is 0.496 e. The monoisotopic (exact) mass is 329 g/mol. The van der Waals surface area contributed by atoms with Crippen LogP contribution in [0.25, 0.3) is 0 Å². The van der Waals surface area contributed by atoms with Crippen molar-refractivity contribution < 1.29 is 32.6 Å². The van der Waals surface area contributed by atoms with E-state index in [0.29, 0.717) is 5.69 Å². The van der Waals surface area contributed by atoms with Crippen molar-refractivity contribution >= 4 is 17.7 Å². The van der Waals surface area contributed by atoms with Crippen LogP contribution in [0, 0.1) is 0 Å². The number of nitrogens with zero attached hydrogens (tertiary/aromatic N) is 1. The Kier molecular flexibility index (Phi) is 4.72. The van der Waals surface area contributed by atoms with Crippen molar-refractivity contribution in [2.24, 2.45) is 0 Å². The van der Waals surface area contributed by atoms with Gasteiger partial charge in [-0.15, -0.1) is 0 Å². The van der Waals surface area contributed by atoms with Crippen LogP contribution in [-0.4, -0.2) is 38.4 Å². The molecule has 0 spiro atoms. The first-order chi connectivity index (χ1) is 10.8. The second-order valence-electron chi connectivity index (χ2n) is 4.98. The van der Waals surface area contributed by atoms with E-state index in [2.05, 4.69) is 4.74 Å². The topological polar surface area (TPSA) is 65.1 Å². The molecule has 1 heterocycles. The smallest absolute Gasteiger partial charge is 0.414 e. The van der Waals surface area contributed by atoms with Crippen molar-refractivity contribution in [2.75, 3.05) is 25.2 Å². The number of hydrogen-bond acceptors (Lipinski definition) is 5. The second-order valence-corrected chi connectivity index (χ2v) is 4.98. The van der Waals surface area contributed by atoms with E-state index in [-0.39, 0.29) is 25.0 Å². The van der Waals surface area contributed by atoms with Crippen molar-refractivity contribution in [3.05, 3.63) is 23.8 Å². The third kappa shape index (κ3) is 3.06. The first kappa shape index (κ1) is 17.0. The number of halogens is 2. The van der Waals surface area contributed by atoms with Crippen LogP contribution in [-0.2, 0) is 20.2 Å². The van der Waals surface area contributed by atoms with Crippen molar-refractivity contribution in [3.8, 4) is 5.75 Å². The minimum absolute atomic E-state index is 0.161. The Morgan fingerprint density at radius 1 is 1.48 bits per heavy atom. The summed E-state index contributed by atoms with van der Waals surface area (Å²) < 4.78 is 42.6. The molecule has 1 fully saturated rings. The predicted octanol–water partition coefficient (Wildman–Crippen LogP) is 2.70. The molecule has 1 aliphatic heterocycles. The lowest BCUT2D eigenvalue weighted by Crippen LogP contribution is -2.32. The summed E-state index contributed by atoms with van der Waals surface area (Å²) >= 11 is 0. The van der Waals surface area contributed by atoms with E-state index in [1.54, 1.807) is 6.92 Å². The lowest BCUT2D eigenvalue weighted by Gasteiger charge is -2.22. The molecule has 8 heteroatoms. The molecular weight excluding hydrogens is 312 g/mol. The van der Waals surface area contributed by atoms with Gasteiger partial charge < -0.3 is 14.2 Å². The third-order valence-corrected chi connectivity index (χ3v) is 3.42. The Hall–Kier alpha value is -2.38. The number of methoxy groups -OCH3 is 1. The van der Waals surface area contributed by atoms with Gasteiger partial charge in [0, 0.05) is 6.07 Å². The molecule has 1 amide bonds. The SMILES string of the molecule is CCOC(=O)C(F)(F)c1ccc(N2C(=O)OCC2C)cc1OC. The van der Waals surface area contributed by atoms with Crippen LogP contribution in [0.15, 0.2) is 18.2 Å². The molecule has 2 rings (SSSR count). The van der Waals surface area contributed by atoms with Crippen LogP contribution in [0.1, 0.15) is 19.4 Å². The van der Waals surface area contributed by atoms with E-state index in [9.17, 15) is 18.4 Å². The number of benzene rings is 1. The molecule has 0 aromatic heterocycles.